The molecule has 1 N–H and O–H groups in total. The minimum atomic E-state index is -3.60. The SMILES string of the molecule is Cc1noc(C)c1S(=O)(=O)N1CCN(CC(=O)NC(C)C)CC1. The van der Waals surface area contributed by atoms with Crippen LogP contribution in [0.25, 0.3) is 0 Å². The molecule has 0 radical (unpaired) electrons. The molecule has 0 bridgehead atoms. The maximum Gasteiger partial charge on any atom is 0.248 e. The molecule has 130 valence electrons. The number of carbonyl (C=O) groups is 1. The fourth-order valence-corrected chi connectivity index (χ4v) is 4.38. The van der Waals surface area contributed by atoms with Crippen molar-refractivity contribution in [1.29, 1.82) is 0 Å². The van der Waals surface area contributed by atoms with Crippen molar-refractivity contribution in [2.45, 2.75) is 38.6 Å². The number of aromatic nitrogens is 1. The average Bonchev–Trinajstić information content (AvgIpc) is 2.78. The van der Waals surface area contributed by atoms with E-state index in [0.29, 0.717) is 37.6 Å². The Labute approximate surface area is 136 Å². The molecule has 1 aromatic rings. The molecule has 23 heavy (non-hydrogen) atoms. The minimum absolute atomic E-state index is 0.0398. The molecule has 0 atom stereocenters. The Kier molecular flexibility index (Phi) is 5.43. The molecule has 0 spiro atoms. The predicted molar refractivity (Wildman–Crippen MR) is 84.5 cm³/mol. The average molecular weight is 344 g/mol. The lowest BCUT2D eigenvalue weighted by atomic mass is 10.3. The van der Waals surface area contributed by atoms with Crippen molar-refractivity contribution in [1.82, 2.24) is 19.7 Å². The van der Waals surface area contributed by atoms with Gasteiger partial charge in [0.15, 0.2) is 5.76 Å². The third-order valence-corrected chi connectivity index (χ3v) is 5.86. The molecule has 8 nitrogen and oxygen atoms in total. The van der Waals surface area contributed by atoms with E-state index in [1.165, 1.54) is 4.31 Å². The Balaban J connectivity index is 1.98. The Hall–Kier alpha value is -1.45. The van der Waals surface area contributed by atoms with Gasteiger partial charge in [-0.3, -0.25) is 9.69 Å². The molecule has 9 heteroatoms. The summed E-state index contributed by atoms with van der Waals surface area (Å²) in [7, 11) is -3.60. The monoisotopic (exact) mass is 344 g/mol. The van der Waals surface area contributed by atoms with E-state index in [1.807, 2.05) is 18.7 Å². The van der Waals surface area contributed by atoms with Gasteiger partial charge >= 0.3 is 0 Å². The summed E-state index contributed by atoms with van der Waals surface area (Å²) in [6.07, 6.45) is 0. The van der Waals surface area contributed by atoms with Crippen LogP contribution >= 0.6 is 0 Å². The molecule has 1 amide bonds. The number of rotatable bonds is 5. The number of carbonyl (C=O) groups excluding carboxylic acids is 1. The topological polar surface area (TPSA) is 95.8 Å². The van der Waals surface area contributed by atoms with E-state index < -0.39 is 10.0 Å². The van der Waals surface area contributed by atoms with Crippen LogP contribution in [0.3, 0.4) is 0 Å². The molecule has 2 heterocycles. The van der Waals surface area contributed by atoms with Gasteiger partial charge in [0.05, 0.1) is 6.54 Å². The van der Waals surface area contributed by atoms with Gasteiger partial charge in [-0.2, -0.15) is 4.31 Å². The first kappa shape index (κ1) is 17.9. The maximum absolute atomic E-state index is 12.7. The summed E-state index contributed by atoms with van der Waals surface area (Å²) in [6.45, 7) is 9.07. The first-order chi connectivity index (χ1) is 10.7. The molecular weight excluding hydrogens is 320 g/mol. The maximum atomic E-state index is 12.7. The molecule has 1 saturated heterocycles. The third-order valence-electron chi connectivity index (χ3n) is 3.71. The van der Waals surface area contributed by atoms with E-state index in [9.17, 15) is 13.2 Å². The van der Waals surface area contributed by atoms with Crippen molar-refractivity contribution in [2.24, 2.45) is 0 Å². The Morgan fingerprint density at radius 1 is 1.26 bits per heavy atom. The predicted octanol–water partition coefficient (Wildman–Crippen LogP) is 0.122. The van der Waals surface area contributed by atoms with E-state index in [-0.39, 0.29) is 23.4 Å². The van der Waals surface area contributed by atoms with Crippen molar-refractivity contribution >= 4 is 15.9 Å². The van der Waals surface area contributed by atoms with Gasteiger partial charge in [0.1, 0.15) is 10.6 Å². The van der Waals surface area contributed by atoms with Gasteiger partial charge in [0.2, 0.25) is 15.9 Å². The van der Waals surface area contributed by atoms with Crippen LogP contribution in [0.5, 0.6) is 0 Å². The molecule has 0 unspecified atom stereocenters. The summed E-state index contributed by atoms with van der Waals surface area (Å²) in [5, 5.41) is 6.55. The second-order valence-corrected chi connectivity index (χ2v) is 7.93. The third kappa shape index (κ3) is 4.10. The Morgan fingerprint density at radius 2 is 1.87 bits per heavy atom. The summed E-state index contributed by atoms with van der Waals surface area (Å²) in [5.41, 5.74) is 0.376. The summed E-state index contributed by atoms with van der Waals surface area (Å²) >= 11 is 0. The highest BCUT2D eigenvalue weighted by atomic mass is 32.2. The molecule has 0 saturated carbocycles. The van der Waals surface area contributed by atoms with Crippen LogP contribution in [-0.2, 0) is 14.8 Å². The number of nitrogens with zero attached hydrogens (tertiary/aromatic N) is 3. The highest BCUT2D eigenvalue weighted by molar-refractivity contribution is 7.89. The standard InChI is InChI=1S/C14H24N4O4S/c1-10(2)15-13(19)9-17-5-7-18(8-6-17)23(20,21)14-11(3)16-22-12(14)4/h10H,5-9H2,1-4H3,(H,15,19). The Morgan fingerprint density at radius 3 is 2.35 bits per heavy atom. The lowest BCUT2D eigenvalue weighted by Crippen LogP contribution is -2.51. The molecule has 1 aliphatic heterocycles. The highest BCUT2D eigenvalue weighted by Crippen LogP contribution is 2.24. The van der Waals surface area contributed by atoms with Gasteiger partial charge in [0, 0.05) is 32.2 Å². The zero-order valence-electron chi connectivity index (χ0n) is 14.0. The minimum Gasteiger partial charge on any atom is -0.360 e. The Bertz CT molecular complexity index is 641. The van der Waals surface area contributed by atoms with Crippen LogP contribution in [0.2, 0.25) is 0 Å². The summed E-state index contributed by atoms with van der Waals surface area (Å²) in [6, 6.07) is 0.101. The van der Waals surface area contributed by atoms with Crippen LogP contribution in [-0.4, -0.2) is 67.5 Å². The number of hydrogen-bond acceptors (Lipinski definition) is 6. The number of hydrogen-bond donors (Lipinski definition) is 1. The van der Waals surface area contributed by atoms with Crippen molar-refractivity contribution in [3.05, 3.63) is 11.5 Å². The summed E-state index contributed by atoms with van der Waals surface area (Å²) in [4.78, 5) is 13.9. The van der Waals surface area contributed by atoms with Crippen LogP contribution in [0.15, 0.2) is 9.42 Å². The van der Waals surface area contributed by atoms with Crippen LogP contribution in [0.1, 0.15) is 25.3 Å². The molecule has 1 aromatic heterocycles. The van der Waals surface area contributed by atoms with Crippen molar-refractivity contribution in [3.8, 4) is 0 Å². The number of aryl methyl sites for hydroxylation is 2. The van der Waals surface area contributed by atoms with Crippen LogP contribution < -0.4 is 5.32 Å². The molecule has 2 rings (SSSR count). The molecule has 0 aliphatic carbocycles. The zero-order chi connectivity index (χ0) is 17.2. The van der Waals surface area contributed by atoms with Gasteiger partial charge in [-0.25, -0.2) is 8.42 Å². The van der Waals surface area contributed by atoms with Gasteiger partial charge < -0.3 is 9.84 Å². The van der Waals surface area contributed by atoms with Gasteiger partial charge in [0.25, 0.3) is 0 Å². The largest absolute Gasteiger partial charge is 0.360 e. The number of amides is 1. The number of sulfonamides is 1. The lowest BCUT2D eigenvalue weighted by Gasteiger charge is -2.33. The van der Waals surface area contributed by atoms with Crippen molar-refractivity contribution in [3.63, 3.8) is 0 Å². The van der Waals surface area contributed by atoms with E-state index in [1.54, 1.807) is 13.8 Å². The summed E-state index contributed by atoms with van der Waals surface area (Å²) in [5.74, 6) is 0.267. The smallest absolute Gasteiger partial charge is 0.248 e. The van der Waals surface area contributed by atoms with E-state index >= 15 is 0 Å². The van der Waals surface area contributed by atoms with Crippen LogP contribution in [0.4, 0.5) is 0 Å². The highest BCUT2D eigenvalue weighted by Gasteiger charge is 2.33. The molecular formula is C14H24N4O4S. The first-order valence-electron chi connectivity index (χ1n) is 7.66. The second-order valence-electron chi connectivity index (χ2n) is 6.06. The number of piperazine rings is 1. The van der Waals surface area contributed by atoms with E-state index in [0.717, 1.165) is 0 Å². The molecule has 1 fully saturated rings. The van der Waals surface area contributed by atoms with Gasteiger partial charge in [-0.15, -0.1) is 0 Å². The van der Waals surface area contributed by atoms with Crippen molar-refractivity contribution in [2.75, 3.05) is 32.7 Å². The normalized spacial score (nSPS) is 17.6. The van der Waals surface area contributed by atoms with Crippen molar-refractivity contribution < 1.29 is 17.7 Å². The first-order valence-corrected chi connectivity index (χ1v) is 9.10. The molecule has 0 aromatic carbocycles. The second kappa shape index (κ2) is 6.98. The van der Waals surface area contributed by atoms with E-state index in [4.69, 9.17) is 4.52 Å². The molecule has 1 aliphatic rings. The quantitative estimate of drug-likeness (QED) is 0.815. The van der Waals surface area contributed by atoms with Gasteiger partial charge in [-0.1, -0.05) is 5.16 Å². The van der Waals surface area contributed by atoms with E-state index in [2.05, 4.69) is 10.5 Å². The fourth-order valence-electron chi connectivity index (χ4n) is 2.67. The van der Waals surface area contributed by atoms with Gasteiger partial charge in [-0.05, 0) is 27.7 Å². The summed E-state index contributed by atoms with van der Waals surface area (Å²) < 4.78 is 31.8. The van der Waals surface area contributed by atoms with Crippen LogP contribution in [0, 0.1) is 13.8 Å². The fraction of sp³-hybridized carbons (Fsp3) is 0.714. The lowest BCUT2D eigenvalue weighted by molar-refractivity contribution is -0.123. The zero-order valence-corrected chi connectivity index (χ0v) is 14.8. The number of nitrogens with one attached hydrogen (secondary N) is 1.